The summed E-state index contributed by atoms with van der Waals surface area (Å²) >= 11 is 7.39. The number of piperazine rings is 1. The van der Waals surface area contributed by atoms with Crippen LogP contribution >= 0.6 is 23.4 Å². The van der Waals surface area contributed by atoms with Crippen LogP contribution in [0.3, 0.4) is 0 Å². The molecule has 0 saturated carbocycles. The molecular weight excluding hydrogens is 372 g/mol. The molecule has 0 bridgehead atoms. The first-order valence-corrected chi connectivity index (χ1v) is 9.62. The fourth-order valence-corrected chi connectivity index (χ4v) is 3.65. The molecule has 1 aromatic heterocycles. The van der Waals surface area contributed by atoms with Crippen LogP contribution in [-0.2, 0) is 4.79 Å². The van der Waals surface area contributed by atoms with Gasteiger partial charge >= 0.3 is 6.03 Å². The number of amides is 3. The Bertz CT molecular complexity index is 767. The second kappa shape index (κ2) is 8.91. The Morgan fingerprint density at radius 3 is 2.42 bits per heavy atom. The molecule has 1 aromatic carbocycles. The molecule has 0 unspecified atom stereocenters. The molecule has 3 amide bonds. The summed E-state index contributed by atoms with van der Waals surface area (Å²) in [5, 5.41) is 4.07. The van der Waals surface area contributed by atoms with Gasteiger partial charge in [0.2, 0.25) is 5.91 Å². The van der Waals surface area contributed by atoms with Crippen LogP contribution in [0.2, 0.25) is 5.02 Å². The molecule has 3 rings (SSSR count). The van der Waals surface area contributed by atoms with E-state index in [-0.39, 0.29) is 17.7 Å². The predicted octanol–water partition coefficient (Wildman–Crippen LogP) is 3.20. The number of nitrogens with zero attached hydrogens (tertiary/aromatic N) is 3. The molecule has 2 heterocycles. The Morgan fingerprint density at radius 2 is 1.73 bits per heavy atom. The molecule has 6 nitrogen and oxygen atoms in total. The molecule has 1 aliphatic rings. The maximum absolute atomic E-state index is 12.4. The summed E-state index contributed by atoms with van der Waals surface area (Å²) in [6.45, 7) is 2.08. The van der Waals surface area contributed by atoms with Crippen molar-refractivity contribution in [1.29, 1.82) is 0 Å². The first-order valence-electron chi connectivity index (χ1n) is 8.25. The average Bonchev–Trinajstić information content (AvgIpc) is 2.68. The fourth-order valence-electron chi connectivity index (χ4n) is 2.58. The largest absolute Gasteiger partial charge is 0.338 e. The topological polar surface area (TPSA) is 65.5 Å². The van der Waals surface area contributed by atoms with Crippen molar-refractivity contribution in [2.45, 2.75) is 5.03 Å². The number of nitrogens with one attached hydrogen (secondary N) is 1. The number of aromatic nitrogens is 1. The first-order chi connectivity index (χ1) is 12.6. The molecule has 0 radical (unpaired) electrons. The van der Waals surface area contributed by atoms with Gasteiger partial charge in [-0.2, -0.15) is 0 Å². The smallest absolute Gasteiger partial charge is 0.321 e. The molecule has 0 spiro atoms. The van der Waals surface area contributed by atoms with Gasteiger partial charge in [-0.05, 0) is 24.3 Å². The summed E-state index contributed by atoms with van der Waals surface area (Å²) in [4.78, 5) is 32.3. The van der Waals surface area contributed by atoms with E-state index in [0.717, 1.165) is 5.69 Å². The minimum Gasteiger partial charge on any atom is -0.338 e. The number of halogens is 1. The third-order valence-electron chi connectivity index (χ3n) is 4.00. The van der Waals surface area contributed by atoms with Crippen LogP contribution in [0.25, 0.3) is 0 Å². The van der Waals surface area contributed by atoms with Gasteiger partial charge < -0.3 is 15.1 Å². The van der Waals surface area contributed by atoms with Crippen LogP contribution in [0, 0.1) is 0 Å². The molecule has 0 atom stereocenters. The second-order valence-corrected chi connectivity index (χ2v) is 7.11. The van der Waals surface area contributed by atoms with Crippen molar-refractivity contribution in [3.63, 3.8) is 0 Å². The Hall–Kier alpha value is -2.25. The molecule has 8 heteroatoms. The fraction of sp³-hybridized carbons (Fsp3) is 0.278. The maximum Gasteiger partial charge on any atom is 0.321 e. The summed E-state index contributed by atoms with van der Waals surface area (Å²) in [5.74, 6) is 0.312. The minimum atomic E-state index is -0.141. The number of carbonyl (C=O) groups is 2. The van der Waals surface area contributed by atoms with E-state index in [1.54, 1.807) is 28.1 Å². The predicted molar refractivity (Wildman–Crippen MR) is 104 cm³/mol. The van der Waals surface area contributed by atoms with Gasteiger partial charge in [0.05, 0.1) is 10.8 Å². The minimum absolute atomic E-state index is 0.0276. The highest BCUT2D eigenvalue weighted by Gasteiger charge is 2.24. The van der Waals surface area contributed by atoms with E-state index in [9.17, 15) is 9.59 Å². The van der Waals surface area contributed by atoms with Crippen molar-refractivity contribution >= 4 is 41.0 Å². The zero-order valence-corrected chi connectivity index (χ0v) is 15.7. The van der Waals surface area contributed by atoms with Crippen molar-refractivity contribution in [3.05, 3.63) is 53.7 Å². The van der Waals surface area contributed by atoms with E-state index >= 15 is 0 Å². The number of benzene rings is 1. The van der Waals surface area contributed by atoms with Crippen molar-refractivity contribution in [3.8, 4) is 0 Å². The Morgan fingerprint density at radius 1 is 1.04 bits per heavy atom. The van der Waals surface area contributed by atoms with Gasteiger partial charge in [-0.15, -0.1) is 0 Å². The van der Waals surface area contributed by atoms with Gasteiger partial charge in [-0.25, -0.2) is 9.78 Å². The molecule has 136 valence electrons. The lowest BCUT2D eigenvalue weighted by Crippen LogP contribution is -2.52. The zero-order chi connectivity index (χ0) is 18.4. The molecule has 1 saturated heterocycles. The van der Waals surface area contributed by atoms with Crippen LogP contribution in [0.1, 0.15) is 0 Å². The summed E-state index contributed by atoms with van der Waals surface area (Å²) in [6.07, 6.45) is 1.66. The number of anilines is 1. The van der Waals surface area contributed by atoms with Crippen molar-refractivity contribution in [2.24, 2.45) is 0 Å². The van der Waals surface area contributed by atoms with E-state index in [2.05, 4.69) is 10.3 Å². The van der Waals surface area contributed by atoms with E-state index in [1.807, 2.05) is 30.3 Å². The second-order valence-electron chi connectivity index (χ2n) is 5.74. The zero-order valence-electron chi connectivity index (χ0n) is 14.1. The van der Waals surface area contributed by atoms with Gasteiger partial charge in [0.15, 0.2) is 0 Å². The molecule has 1 aliphatic heterocycles. The number of pyridine rings is 1. The molecule has 1 N–H and O–H groups in total. The summed E-state index contributed by atoms with van der Waals surface area (Å²) in [5.41, 5.74) is 0.764. The third kappa shape index (κ3) is 4.89. The van der Waals surface area contributed by atoms with Gasteiger partial charge in [0, 0.05) is 38.1 Å². The molecule has 2 aromatic rings. The lowest BCUT2D eigenvalue weighted by Gasteiger charge is -2.34. The lowest BCUT2D eigenvalue weighted by atomic mass is 10.3. The van der Waals surface area contributed by atoms with Crippen LogP contribution in [-0.4, -0.2) is 58.7 Å². The Kier molecular flexibility index (Phi) is 6.35. The summed E-state index contributed by atoms with van der Waals surface area (Å²) < 4.78 is 0. The van der Waals surface area contributed by atoms with Crippen LogP contribution in [0.5, 0.6) is 0 Å². The van der Waals surface area contributed by atoms with Gasteiger partial charge in [0.1, 0.15) is 5.03 Å². The van der Waals surface area contributed by atoms with Crippen LogP contribution in [0.4, 0.5) is 10.5 Å². The van der Waals surface area contributed by atoms with Gasteiger partial charge in [0.25, 0.3) is 0 Å². The monoisotopic (exact) mass is 390 g/mol. The number of urea groups is 1. The lowest BCUT2D eigenvalue weighted by molar-refractivity contribution is -0.129. The number of rotatable bonds is 4. The Labute approximate surface area is 161 Å². The first kappa shape index (κ1) is 18.5. The van der Waals surface area contributed by atoms with Crippen molar-refractivity contribution < 1.29 is 9.59 Å². The van der Waals surface area contributed by atoms with E-state index < -0.39 is 0 Å². The Balaban J connectivity index is 1.45. The van der Waals surface area contributed by atoms with Crippen molar-refractivity contribution in [2.75, 3.05) is 37.2 Å². The SMILES string of the molecule is O=C(CSc1ncccc1Cl)N1CCN(C(=O)Nc2ccccc2)CC1. The standard InChI is InChI=1S/C18H19ClN4O2S/c19-15-7-4-8-20-17(15)26-13-16(24)22-9-11-23(12-10-22)18(25)21-14-5-2-1-3-6-14/h1-8H,9-13H2,(H,21,25). The van der Waals surface area contributed by atoms with Crippen LogP contribution < -0.4 is 5.32 Å². The van der Waals surface area contributed by atoms with Gasteiger partial charge in [-0.3, -0.25) is 4.79 Å². The molecule has 1 fully saturated rings. The molecule has 0 aliphatic carbocycles. The van der Waals surface area contributed by atoms with E-state index in [0.29, 0.717) is 36.2 Å². The highest BCUT2D eigenvalue weighted by atomic mass is 35.5. The van der Waals surface area contributed by atoms with Gasteiger partial charge in [-0.1, -0.05) is 41.6 Å². The van der Waals surface area contributed by atoms with E-state index in [4.69, 9.17) is 11.6 Å². The van der Waals surface area contributed by atoms with Crippen molar-refractivity contribution in [1.82, 2.24) is 14.8 Å². The molecule has 26 heavy (non-hydrogen) atoms. The summed E-state index contributed by atoms with van der Waals surface area (Å²) in [6, 6.07) is 12.7. The number of thioether (sulfide) groups is 1. The highest BCUT2D eigenvalue weighted by Crippen LogP contribution is 2.24. The van der Waals surface area contributed by atoms with E-state index in [1.165, 1.54) is 11.8 Å². The normalized spacial score (nSPS) is 14.2. The number of hydrogen-bond acceptors (Lipinski definition) is 4. The number of para-hydroxylation sites is 1. The third-order valence-corrected chi connectivity index (χ3v) is 5.41. The average molecular weight is 391 g/mol. The summed E-state index contributed by atoms with van der Waals surface area (Å²) in [7, 11) is 0. The highest BCUT2D eigenvalue weighted by molar-refractivity contribution is 8.00. The quantitative estimate of drug-likeness (QED) is 0.814. The number of carbonyl (C=O) groups excluding carboxylic acids is 2. The number of hydrogen-bond donors (Lipinski definition) is 1. The maximum atomic E-state index is 12.4. The van der Waals surface area contributed by atoms with Crippen LogP contribution in [0.15, 0.2) is 53.7 Å². The molecular formula is C18H19ClN4O2S.